The van der Waals surface area contributed by atoms with Crippen molar-refractivity contribution in [2.75, 3.05) is 4.90 Å². The van der Waals surface area contributed by atoms with Gasteiger partial charge in [0.2, 0.25) is 0 Å². The van der Waals surface area contributed by atoms with Crippen molar-refractivity contribution in [2.24, 2.45) is 0 Å². The lowest BCUT2D eigenvalue weighted by atomic mass is 10.1. The van der Waals surface area contributed by atoms with Crippen LogP contribution in [0.4, 0.5) is 5.69 Å². The summed E-state index contributed by atoms with van der Waals surface area (Å²) in [7, 11) is 0. The Bertz CT molecular complexity index is 1800. The molecule has 0 amide bonds. The van der Waals surface area contributed by atoms with Gasteiger partial charge in [0.15, 0.2) is 0 Å². The molecule has 39 heavy (non-hydrogen) atoms. The molecule has 0 radical (unpaired) electrons. The van der Waals surface area contributed by atoms with E-state index in [0.29, 0.717) is 29.3 Å². The van der Waals surface area contributed by atoms with Crippen LogP contribution < -0.4 is 31.9 Å². The zero-order valence-electron chi connectivity index (χ0n) is 22.9. The highest BCUT2D eigenvalue weighted by atomic mass is 16.5. The summed E-state index contributed by atoms with van der Waals surface area (Å²) in [5.41, 5.74) is -0.505. The van der Waals surface area contributed by atoms with Crippen LogP contribution in [-0.2, 0) is 0 Å². The zero-order chi connectivity index (χ0) is 28.2. The quantitative estimate of drug-likeness (QED) is 0.300. The van der Waals surface area contributed by atoms with E-state index >= 15 is 0 Å². The van der Waals surface area contributed by atoms with E-state index in [-0.39, 0.29) is 27.6 Å². The Labute approximate surface area is 225 Å². The highest BCUT2D eigenvalue weighted by molar-refractivity contribution is 5.98. The minimum absolute atomic E-state index is 0.114. The molecule has 5 aromatic rings. The van der Waals surface area contributed by atoms with Gasteiger partial charge in [-0.1, -0.05) is 0 Å². The molecule has 0 aliphatic carbocycles. The first-order valence-electron chi connectivity index (χ1n) is 13.1. The Morgan fingerprint density at radius 2 is 1.00 bits per heavy atom. The lowest BCUT2D eigenvalue weighted by Gasteiger charge is -2.33. The molecular formula is C31H31N3O5. The fourth-order valence-electron chi connectivity index (χ4n) is 5.37. The third-order valence-electron chi connectivity index (χ3n) is 7.02. The van der Waals surface area contributed by atoms with E-state index in [1.54, 1.807) is 38.1 Å². The van der Waals surface area contributed by atoms with E-state index in [9.17, 15) is 19.2 Å². The summed E-state index contributed by atoms with van der Waals surface area (Å²) in [6.45, 7) is 12.1. The maximum absolute atomic E-state index is 13.2. The van der Waals surface area contributed by atoms with Crippen LogP contribution in [0.1, 0.15) is 47.6 Å². The normalized spacial score (nSPS) is 11.9. The largest absolute Gasteiger partial charge is 0.457 e. The Morgan fingerprint density at radius 3 is 1.41 bits per heavy atom. The van der Waals surface area contributed by atoms with E-state index in [4.69, 9.17) is 4.74 Å². The number of hydrogen-bond donors (Lipinski definition) is 0. The summed E-state index contributed by atoms with van der Waals surface area (Å²) in [5, 5.41) is 0.524. The number of aromatic nitrogens is 2. The maximum atomic E-state index is 13.2. The van der Waals surface area contributed by atoms with E-state index in [1.807, 2.05) is 24.3 Å². The van der Waals surface area contributed by atoms with Crippen LogP contribution in [0, 0.1) is 0 Å². The Morgan fingerprint density at radius 1 is 0.590 bits per heavy atom. The molecule has 0 saturated heterocycles. The lowest BCUT2D eigenvalue weighted by molar-refractivity contribution is 0.482. The molecular weight excluding hydrogens is 494 g/mol. The van der Waals surface area contributed by atoms with E-state index < -0.39 is 22.2 Å². The molecule has 8 heteroatoms. The van der Waals surface area contributed by atoms with Crippen molar-refractivity contribution in [3.8, 4) is 17.2 Å². The molecule has 8 nitrogen and oxygen atoms in total. The smallest absolute Gasteiger partial charge is 0.266 e. The highest BCUT2D eigenvalue weighted by Crippen LogP contribution is 2.27. The van der Waals surface area contributed by atoms with Crippen molar-refractivity contribution >= 4 is 27.2 Å². The van der Waals surface area contributed by atoms with E-state index in [1.165, 1.54) is 12.1 Å². The number of anilines is 1. The van der Waals surface area contributed by atoms with E-state index in [2.05, 4.69) is 32.6 Å². The van der Waals surface area contributed by atoms with Gasteiger partial charge in [0.05, 0.1) is 27.2 Å². The molecule has 0 bridgehead atoms. The van der Waals surface area contributed by atoms with Gasteiger partial charge in [0, 0.05) is 23.8 Å². The first-order chi connectivity index (χ1) is 18.5. The Hall–Kier alpha value is -4.46. The average Bonchev–Trinajstić information content (AvgIpc) is 3.28. The van der Waals surface area contributed by atoms with Crippen LogP contribution in [0.25, 0.3) is 27.2 Å². The van der Waals surface area contributed by atoms with E-state index in [0.717, 1.165) is 14.8 Å². The minimum Gasteiger partial charge on any atom is -0.457 e. The second-order valence-electron chi connectivity index (χ2n) is 10.6. The second kappa shape index (κ2) is 9.69. The molecule has 0 saturated carbocycles. The molecule has 0 aliphatic rings. The van der Waals surface area contributed by atoms with Gasteiger partial charge in [0.1, 0.15) is 11.5 Å². The molecule has 0 fully saturated rings. The highest BCUT2D eigenvalue weighted by Gasteiger charge is 2.21. The fourth-order valence-corrected chi connectivity index (χ4v) is 5.37. The first kappa shape index (κ1) is 26.2. The number of nitrogens with zero attached hydrogens (tertiary/aromatic N) is 3. The lowest BCUT2D eigenvalue weighted by Crippen LogP contribution is -2.36. The predicted octanol–water partition coefficient (Wildman–Crippen LogP) is 4.90. The van der Waals surface area contributed by atoms with Gasteiger partial charge in [0.25, 0.3) is 22.2 Å². The number of ether oxygens (including phenoxy) is 1. The summed E-state index contributed by atoms with van der Waals surface area (Å²) in [6, 6.07) is 17.7. The molecule has 5 rings (SSSR count). The van der Waals surface area contributed by atoms with Gasteiger partial charge in [-0.15, -0.1) is 0 Å². The monoisotopic (exact) mass is 525 g/mol. The molecule has 2 aromatic heterocycles. The molecule has 200 valence electrons. The molecule has 0 N–H and O–H groups in total. The SMILES string of the molecule is CC(C)N(c1ccc(Oc2ccc(-n3c(=O)c4cc5c(=O)n(C(C)C)c(=O)c5cc4c3=O)cc2)cc1)C(C)C. The number of fused-ring (bicyclic) bond motifs is 2. The van der Waals surface area contributed by atoms with Crippen molar-refractivity contribution in [1.29, 1.82) is 0 Å². The number of benzene rings is 3. The van der Waals surface area contributed by atoms with Gasteiger partial charge in [-0.05, 0) is 102 Å². The van der Waals surface area contributed by atoms with Gasteiger partial charge in [-0.25, -0.2) is 4.57 Å². The molecule has 0 unspecified atom stereocenters. The molecule has 3 aromatic carbocycles. The summed E-state index contributed by atoms with van der Waals surface area (Å²) >= 11 is 0. The third kappa shape index (κ3) is 4.35. The minimum atomic E-state index is -0.537. The third-order valence-corrected chi connectivity index (χ3v) is 7.02. The van der Waals surface area contributed by atoms with Gasteiger partial charge in [-0.2, -0.15) is 0 Å². The number of hydrogen-bond acceptors (Lipinski definition) is 6. The molecule has 0 aliphatic heterocycles. The van der Waals surface area contributed by atoms with Crippen molar-refractivity contribution in [3.05, 3.63) is 102 Å². The van der Waals surface area contributed by atoms with Crippen molar-refractivity contribution in [1.82, 2.24) is 9.13 Å². The van der Waals surface area contributed by atoms with Crippen LogP contribution in [-0.4, -0.2) is 21.2 Å². The Balaban J connectivity index is 1.46. The van der Waals surface area contributed by atoms with Crippen molar-refractivity contribution < 1.29 is 4.74 Å². The van der Waals surface area contributed by atoms with Crippen molar-refractivity contribution in [2.45, 2.75) is 59.7 Å². The predicted molar refractivity (Wildman–Crippen MR) is 156 cm³/mol. The summed E-state index contributed by atoms with van der Waals surface area (Å²) in [5.74, 6) is 1.22. The Kier molecular flexibility index (Phi) is 6.50. The molecule has 2 heterocycles. The number of rotatable bonds is 7. The summed E-state index contributed by atoms with van der Waals surface area (Å²) in [6.07, 6.45) is 0. The average molecular weight is 526 g/mol. The maximum Gasteiger partial charge on any atom is 0.266 e. The second-order valence-corrected chi connectivity index (χ2v) is 10.6. The van der Waals surface area contributed by atoms with Crippen LogP contribution in [0.15, 0.2) is 79.8 Å². The summed E-state index contributed by atoms with van der Waals surface area (Å²) in [4.78, 5) is 54.3. The van der Waals surface area contributed by atoms with Gasteiger partial charge >= 0.3 is 0 Å². The van der Waals surface area contributed by atoms with Crippen LogP contribution in [0.3, 0.4) is 0 Å². The van der Waals surface area contributed by atoms with Gasteiger partial charge < -0.3 is 9.64 Å². The first-order valence-corrected chi connectivity index (χ1v) is 13.1. The zero-order valence-corrected chi connectivity index (χ0v) is 22.9. The van der Waals surface area contributed by atoms with Crippen LogP contribution >= 0.6 is 0 Å². The van der Waals surface area contributed by atoms with Crippen LogP contribution in [0.2, 0.25) is 0 Å². The van der Waals surface area contributed by atoms with Crippen molar-refractivity contribution in [3.63, 3.8) is 0 Å². The summed E-state index contributed by atoms with van der Waals surface area (Å²) < 4.78 is 8.19. The standard InChI is InChI=1S/C31H31N3O5/c1-17(2)32(18(3)4)20-7-11-22(12-8-20)39-23-13-9-21(10-14-23)34-30(37)26-15-24-25(16-27(26)31(34)38)29(36)33(19(5)6)28(24)35/h7-19H,1-6H3. The fraction of sp³-hybridized carbons (Fsp3) is 0.290. The molecule has 0 spiro atoms. The van der Waals surface area contributed by atoms with Gasteiger partial charge in [-0.3, -0.25) is 23.7 Å². The molecule has 0 atom stereocenters. The topological polar surface area (TPSA) is 90.6 Å². The van der Waals surface area contributed by atoms with Crippen LogP contribution in [0.5, 0.6) is 11.5 Å².